The average Bonchev–Trinajstić information content (AvgIpc) is 2.89. The van der Waals surface area contributed by atoms with Gasteiger partial charge in [0.05, 0.1) is 14.2 Å². The second-order valence-corrected chi connectivity index (χ2v) is 6.04. The van der Waals surface area contributed by atoms with Gasteiger partial charge < -0.3 is 9.47 Å². The molecule has 2 fully saturated rings. The predicted octanol–water partition coefficient (Wildman–Crippen LogP) is 2.95. The van der Waals surface area contributed by atoms with E-state index in [1.807, 2.05) is 0 Å². The van der Waals surface area contributed by atoms with Gasteiger partial charge in [-0.25, -0.2) is 0 Å². The number of allylic oxidation sites excluding steroid dienone is 2. The van der Waals surface area contributed by atoms with Crippen molar-refractivity contribution in [2.45, 2.75) is 11.8 Å². The monoisotopic (exact) mass is 240 g/mol. The number of hydrogen-bond acceptors (Lipinski definition) is 2. The summed E-state index contributed by atoms with van der Waals surface area (Å²) in [5.41, 5.74) is 2.92. The lowest BCUT2D eigenvalue weighted by Gasteiger charge is -2.29. The summed E-state index contributed by atoms with van der Waals surface area (Å²) in [6, 6.07) is 4.15. The van der Waals surface area contributed by atoms with Crippen molar-refractivity contribution >= 4 is 0 Å². The molecular weight excluding hydrogens is 224 g/mol. The van der Waals surface area contributed by atoms with Crippen LogP contribution < -0.4 is 9.47 Å². The zero-order valence-corrected chi connectivity index (χ0v) is 10.6. The molecular formula is C16H16O2. The molecule has 6 atom stereocenters. The first-order valence-electron chi connectivity index (χ1n) is 6.80. The molecule has 1 aromatic carbocycles. The van der Waals surface area contributed by atoms with Crippen LogP contribution in [0.4, 0.5) is 0 Å². The third-order valence-electron chi connectivity index (χ3n) is 5.72. The van der Waals surface area contributed by atoms with E-state index in [4.69, 9.17) is 9.47 Å². The van der Waals surface area contributed by atoms with Crippen LogP contribution in [0.1, 0.15) is 23.0 Å². The minimum Gasteiger partial charge on any atom is -0.496 e. The van der Waals surface area contributed by atoms with E-state index in [0.717, 1.165) is 41.1 Å². The quantitative estimate of drug-likeness (QED) is 0.740. The molecule has 0 aliphatic heterocycles. The molecule has 5 rings (SSSR count). The summed E-state index contributed by atoms with van der Waals surface area (Å²) in [7, 11) is 3.57. The van der Waals surface area contributed by atoms with Crippen LogP contribution in [0.5, 0.6) is 11.5 Å². The Morgan fingerprint density at radius 3 is 1.94 bits per heavy atom. The second kappa shape index (κ2) is 2.76. The number of benzene rings is 1. The molecule has 0 unspecified atom stereocenters. The third kappa shape index (κ3) is 0.781. The lowest BCUT2D eigenvalue weighted by molar-refractivity contribution is 0.378. The van der Waals surface area contributed by atoms with Gasteiger partial charge in [0.1, 0.15) is 11.5 Å². The molecule has 0 aromatic heterocycles. The molecule has 0 amide bonds. The van der Waals surface area contributed by atoms with Gasteiger partial charge >= 0.3 is 0 Å². The van der Waals surface area contributed by atoms with Gasteiger partial charge in [-0.1, -0.05) is 12.2 Å². The molecule has 0 heterocycles. The van der Waals surface area contributed by atoms with Crippen LogP contribution in [0.3, 0.4) is 0 Å². The summed E-state index contributed by atoms with van der Waals surface area (Å²) in [6.07, 6.45) is 4.83. The fraction of sp³-hybridized carbons (Fsp3) is 0.500. The van der Waals surface area contributed by atoms with Gasteiger partial charge in [-0.2, -0.15) is 0 Å². The lowest BCUT2D eigenvalue weighted by Crippen LogP contribution is -2.20. The highest BCUT2D eigenvalue weighted by atomic mass is 16.5. The molecule has 0 N–H and O–H groups in total. The Labute approximate surface area is 107 Å². The van der Waals surface area contributed by atoms with Crippen molar-refractivity contribution < 1.29 is 9.47 Å². The van der Waals surface area contributed by atoms with E-state index in [0.29, 0.717) is 5.92 Å². The number of rotatable bonds is 2. The van der Waals surface area contributed by atoms with Gasteiger partial charge in [-0.3, -0.25) is 0 Å². The molecule has 4 aliphatic rings. The highest BCUT2D eigenvalue weighted by Gasteiger charge is 2.73. The molecule has 1 aromatic rings. The third-order valence-corrected chi connectivity index (χ3v) is 5.72. The second-order valence-electron chi connectivity index (χ2n) is 6.04. The summed E-state index contributed by atoms with van der Waals surface area (Å²) in [5, 5.41) is 0. The van der Waals surface area contributed by atoms with Crippen LogP contribution in [-0.2, 0) is 0 Å². The van der Waals surface area contributed by atoms with Crippen molar-refractivity contribution in [1.82, 2.24) is 0 Å². The molecule has 4 aliphatic carbocycles. The minimum absolute atomic E-state index is 0.704. The van der Waals surface area contributed by atoms with E-state index >= 15 is 0 Å². The standard InChI is InChI=1S/C16H16O2/c1-17-9-5-6-10(18-2)14-13(9)11-7-3-4-8(7)12-15(11)16(12)14/h3-8,11-12,15-16H,1-2H3/t7-,8-,11+,12-,15-,16-/m0/s1. The van der Waals surface area contributed by atoms with Gasteiger partial charge in [-0.15, -0.1) is 0 Å². The van der Waals surface area contributed by atoms with Crippen LogP contribution in [0.25, 0.3) is 0 Å². The Bertz CT molecular complexity index is 589. The minimum atomic E-state index is 0.704. The van der Waals surface area contributed by atoms with Gasteiger partial charge in [0.25, 0.3) is 0 Å². The van der Waals surface area contributed by atoms with Gasteiger partial charge in [0.2, 0.25) is 0 Å². The molecule has 0 radical (unpaired) electrons. The molecule has 18 heavy (non-hydrogen) atoms. The van der Waals surface area contributed by atoms with Crippen molar-refractivity contribution in [3.8, 4) is 11.5 Å². The predicted molar refractivity (Wildman–Crippen MR) is 68.1 cm³/mol. The van der Waals surface area contributed by atoms with E-state index in [1.165, 1.54) is 11.1 Å². The zero-order valence-electron chi connectivity index (χ0n) is 10.6. The first-order valence-corrected chi connectivity index (χ1v) is 6.80. The van der Waals surface area contributed by atoms with Gasteiger partial charge in [0, 0.05) is 11.1 Å². The summed E-state index contributed by atoms with van der Waals surface area (Å²) < 4.78 is 11.2. The van der Waals surface area contributed by atoms with Gasteiger partial charge in [-0.05, 0) is 47.6 Å². The van der Waals surface area contributed by atoms with E-state index in [-0.39, 0.29) is 0 Å². The Hall–Kier alpha value is -1.44. The SMILES string of the molecule is COc1ccc(OC)c2c1[C@H]1[C@H]3C=C[C@@H]3[C@@H]3[C@@H]2[C@@H]13. The van der Waals surface area contributed by atoms with Crippen molar-refractivity contribution in [2.75, 3.05) is 14.2 Å². The Morgan fingerprint density at radius 2 is 1.39 bits per heavy atom. The van der Waals surface area contributed by atoms with E-state index in [9.17, 15) is 0 Å². The zero-order chi connectivity index (χ0) is 12.0. The van der Waals surface area contributed by atoms with Crippen LogP contribution >= 0.6 is 0 Å². The Morgan fingerprint density at radius 1 is 0.778 bits per heavy atom. The lowest BCUT2D eigenvalue weighted by atomic mass is 9.76. The molecule has 2 heteroatoms. The topological polar surface area (TPSA) is 18.5 Å². The number of fused-ring (bicyclic) bond motifs is 7. The molecule has 0 spiro atoms. The van der Waals surface area contributed by atoms with Crippen LogP contribution in [0, 0.1) is 23.7 Å². The van der Waals surface area contributed by atoms with E-state index in [2.05, 4.69) is 24.3 Å². The highest BCUT2D eigenvalue weighted by molar-refractivity contribution is 5.63. The fourth-order valence-corrected chi connectivity index (χ4v) is 5.10. The molecule has 2 saturated carbocycles. The summed E-state index contributed by atoms with van der Waals surface area (Å²) in [5.74, 6) is 6.99. The normalized spacial score (nSPS) is 43.9. The maximum absolute atomic E-state index is 5.60. The maximum atomic E-state index is 5.60. The first-order chi connectivity index (χ1) is 8.86. The van der Waals surface area contributed by atoms with Crippen molar-refractivity contribution in [3.63, 3.8) is 0 Å². The first kappa shape index (κ1) is 9.48. The number of hydrogen-bond donors (Lipinski definition) is 0. The maximum Gasteiger partial charge on any atom is 0.122 e. The smallest absolute Gasteiger partial charge is 0.122 e. The van der Waals surface area contributed by atoms with Crippen molar-refractivity contribution in [1.29, 1.82) is 0 Å². The summed E-state index contributed by atoms with van der Waals surface area (Å²) in [4.78, 5) is 0. The average molecular weight is 240 g/mol. The number of ether oxygens (including phenoxy) is 2. The van der Waals surface area contributed by atoms with Crippen LogP contribution in [0.15, 0.2) is 24.3 Å². The molecule has 0 bridgehead atoms. The largest absolute Gasteiger partial charge is 0.496 e. The summed E-state index contributed by atoms with van der Waals surface area (Å²) >= 11 is 0. The van der Waals surface area contributed by atoms with E-state index in [1.54, 1.807) is 14.2 Å². The number of methoxy groups -OCH3 is 2. The van der Waals surface area contributed by atoms with E-state index < -0.39 is 0 Å². The van der Waals surface area contributed by atoms with Crippen molar-refractivity contribution in [3.05, 3.63) is 35.4 Å². The van der Waals surface area contributed by atoms with Crippen LogP contribution in [-0.4, -0.2) is 14.2 Å². The van der Waals surface area contributed by atoms with Gasteiger partial charge in [0.15, 0.2) is 0 Å². The molecule has 0 saturated heterocycles. The highest BCUT2D eigenvalue weighted by Crippen LogP contribution is 2.81. The summed E-state index contributed by atoms with van der Waals surface area (Å²) in [6.45, 7) is 0. The molecule has 2 nitrogen and oxygen atoms in total. The Balaban J connectivity index is 1.77. The Kier molecular flexibility index (Phi) is 1.46. The fourth-order valence-electron chi connectivity index (χ4n) is 5.10. The van der Waals surface area contributed by atoms with Crippen LogP contribution in [0.2, 0.25) is 0 Å². The molecule has 92 valence electrons. The van der Waals surface area contributed by atoms with Crippen molar-refractivity contribution in [2.24, 2.45) is 23.7 Å².